The molecule has 2 aromatic carbocycles. The van der Waals surface area contributed by atoms with Crippen LogP contribution in [0.5, 0.6) is 5.75 Å². The molecule has 160 valence electrons. The summed E-state index contributed by atoms with van der Waals surface area (Å²) in [5, 5.41) is 6.51. The Balaban J connectivity index is 1.55. The second-order valence-corrected chi connectivity index (χ2v) is 9.68. The highest BCUT2D eigenvalue weighted by molar-refractivity contribution is 7.89. The molecule has 0 radical (unpaired) electrons. The standard InChI is InChI=1S/C23H23N3O3S2/c1-29-20-10-5-9-18(15-20)12-13-24-31(27,28)22-17-26(16-19-7-3-2-4-8-19)25-23(22)21-11-6-14-30-21/h2-11,14-15,17,24H,12-13,16H2,1H3. The molecule has 0 unspecified atom stereocenters. The molecule has 0 bridgehead atoms. The average Bonchev–Trinajstić information content (AvgIpc) is 3.45. The molecule has 0 aliphatic rings. The Bertz CT molecular complexity index is 1230. The summed E-state index contributed by atoms with van der Waals surface area (Å²) in [5.41, 5.74) is 2.53. The van der Waals surface area contributed by atoms with Crippen LogP contribution in [0.25, 0.3) is 10.6 Å². The molecule has 0 amide bonds. The van der Waals surface area contributed by atoms with E-state index in [0.29, 0.717) is 18.7 Å². The predicted octanol–water partition coefficient (Wildman–Crippen LogP) is 4.19. The Morgan fingerprint density at radius 1 is 1.03 bits per heavy atom. The second-order valence-electron chi connectivity index (χ2n) is 7.00. The van der Waals surface area contributed by atoms with Crippen molar-refractivity contribution in [3.8, 4) is 16.3 Å². The smallest absolute Gasteiger partial charge is 0.244 e. The Morgan fingerprint density at radius 3 is 2.58 bits per heavy atom. The fourth-order valence-corrected chi connectivity index (χ4v) is 5.25. The molecule has 6 nitrogen and oxygen atoms in total. The van der Waals surface area contributed by atoms with Gasteiger partial charge in [0.1, 0.15) is 16.3 Å². The van der Waals surface area contributed by atoms with E-state index in [1.54, 1.807) is 18.0 Å². The number of thiophene rings is 1. The van der Waals surface area contributed by atoms with E-state index in [-0.39, 0.29) is 11.4 Å². The molecular weight excluding hydrogens is 430 g/mol. The molecule has 2 heterocycles. The zero-order chi connectivity index (χ0) is 21.7. The Kier molecular flexibility index (Phi) is 6.50. The summed E-state index contributed by atoms with van der Waals surface area (Å²) in [4.78, 5) is 1.01. The van der Waals surface area contributed by atoms with E-state index in [1.807, 2.05) is 72.1 Å². The van der Waals surface area contributed by atoms with Gasteiger partial charge in [0.15, 0.2) is 0 Å². The summed E-state index contributed by atoms with van der Waals surface area (Å²) in [6, 6.07) is 21.2. The van der Waals surface area contributed by atoms with Gasteiger partial charge in [-0.3, -0.25) is 4.68 Å². The first-order valence-electron chi connectivity index (χ1n) is 9.83. The maximum absolute atomic E-state index is 13.1. The highest BCUT2D eigenvalue weighted by atomic mass is 32.2. The minimum atomic E-state index is -3.73. The Labute approximate surface area is 186 Å². The van der Waals surface area contributed by atoms with Gasteiger partial charge in [-0.15, -0.1) is 11.3 Å². The van der Waals surface area contributed by atoms with Crippen LogP contribution in [0.4, 0.5) is 0 Å². The lowest BCUT2D eigenvalue weighted by Crippen LogP contribution is -2.26. The molecule has 0 saturated carbocycles. The molecule has 4 rings (SSSR count). The molecule has 0 spiro atoms. The van der Waals surface area contributed by atoms with E-state index >= 15 is 0 Å². The molecule has 1 N–H and O–H groups in total. The number of nitrogens with zero attached hydrogens (tertiary/aromatic N) is 2. The largest absolute Gasteiger partial charge is 0.497 e. The Hall–Kier alpha value is -2.94. The van der Waals surface area contributed by atoms with Crippen molar-refractivity contribution < 1.29 is 13.2 Å². The topological polar surface area (TPSA) is 73.2 Å². The number of rotatable bonds is 9. The Morgan fingerprint density at radius 2 is 1.84 bits per heavy atom. The highest BCUT2D eigenvalue weighted by Crippen LogP contribution is 2.29. The molecule has 0 aliphatic carbocycles. The minimum absolute atomic E-state index is 0.191. The zero-order valence-electron chi connectivity index (χ0n) is 17.1. The van der Waals surface area contributed by atoms with Crippen LogP contribution in [0.1, 0.15) is 11.1 Å². The summed E-state index contributed by atoms with van der Waals surface area (Å²) in [6.07, 6.45) is 2.17. The maximum Gasteiger partial charge on any atom is 0.244 e. The number of nitrogens with one attached hydrogen (secondary N) is 1. The van der Waals surface area contributed by atoms with Crippen molar-refractivity contribution in [2.45, 2.75) is 17.9 Å². The van der Waals surface area contributed by atoms with Gasteiger partial charge < -0.3 is 4.74 Å². The highest BCUT2D eigenvalue weighted by Gasteiger charge is 2.24. The third-order valence-corrected chi connectivity index (χ3v) is 7.14. The van der Waals surface area contributed by atoms with Crippen molar-refractivity contribution in [3.05, 3.63) is 89.4 Å². The van der Waals surface area contributed by atoms with E-state index in [2.05, 4.69) is 9.82 Å². The molecule has 0 aliphatic heterocycles. The summed E-state index contributed by atoms with van der Waals surface area (Å²) in [6.45, 7) is 0.780. The van der Waals surface area contributed by atoms with E-state index in [4.69, 9.17) is 4.74 Å². The minimum Gasteiger partial charge on any atom is -0.497 e. The van der Waals surface area contributed by atoms with Crippen LogP contribution in [0.15, 0.2) is 83.2 Å². The first-order chi connectivity index (χ1) is 15.0. The fourth-order valence-electron chi connectivity index (χ4n) is 3.27. The molecule has 8 heteroatoms. The summed E-state index contributed by atoms with van der Waals surface area (Å²) >= 11 is 1.47. The van der Waals surface area contributed by atoms with Gasteiger partial charge in [0, 0.05) is 12.7 Å². The van der Waals surface area contributed by atoms with Gasteiger partial charge in [-0.05, 0) is 41.1 Å². The van der Waals surface area contributed by atoms with Crippen LogP contribution >= 0.6 is 11.3 Å². The first-order valence-corrected chi connectivity index (χ1v) is 12.2. The zero-order valence-corrected chi connectivity index (χ0v) is 18.7. The van der Waals surface area contributed by atoms with Gasteiger partial charge in [0.2, 0.25) is 10.0 Å². The SMILES string of the molecule is COc1cccc(CCNS(=O)(=O)c2cn(Cc3ccccc3)nc2-c2cccs2)c1. The quantitative estimate of drug-likeness (QED) is 0.412. The van der Waals surface area contributed by atoms with Gasteiger partial charge in [-0.2, -0.15) is 5.10 Å². The molecule has 0 atom stereocenters. The number of sulfonamides is 1. The summed E-state index contributed by atoms with van der Waals surface area (Å²) in [5.74, 6) is 0.752. The third kappa shape index (κ3) is 5.22. The van der Waals surface area contributed by atoms with E-state index < -0.39 is 10.0 Å². The lowest BCUT2D eigenvalue weighted by molar-refractivity contribution is 0.414. The fraction of sp³-hybridized carbons (Fsp3) is 0.174. The van der Waals surface area contributed by atoms with Crippen molar-refractivity contribution in [1.29, 1.82) is 0 Å². The van der Waals surface area contributed by atoms with Crippen LogP contribution in [-0.4, -0.2) is 31.9 Å². The van der Waals surface area contributed by atoms with Gasteiger partial charge in [0.25, 0.3) is 0 Å². The lowest BCUT2D eigenvalue weighted by Gasteiger charge is -2.07. The third-order valence-electron chi connectivity index (χ3n) is 4.80. The first kappa shape index (κ1) is 21.3. The molecule has 31 heavy (non-hydrogen) atoms. The number of hydrogen-bond acceptors (Lipinski definition) is 5. The molecular formula is C23H23N3O3S2. The monoisotopic (exact) mass is 453 g/mol. The van der Waals surface area contributed by atoms with Crippen LogP contribution in [0.3, 0.4) is 0 Å². The lowest BCUT2D eigenvalue weighted by atomic mass is 10.1. The van der Waals surface area contributed by atoms with Gasteiger partial charge in [0.05, 0.1) is 18.5 Å². The molecule has 2 aromatic heterocycles. The summed E-state index contributed by atoms with van der Waals surface area (Å²) in [7, 11) is -2.12. The normalized spacial score (nSPS) is 11.5. The van der Waals surface area contributed by atoms with E-state index in [1.165, 1.54) is 11.3 Å². The van der Waals surface area contributed by atoms with Crippen molar-refractivity contribution >= 4 is 21.4 Å². The van der Waals surface area contributed by atoms with E-state index in [0.717, 1.165) is 21.8 Å². The van der Waals surface area contributed by atoms with Crippen molar-refractivity contribution in [3.63, 3.8) is 0 Å². The summed E-state index contributed by atoms with van der Waals surface area (Å²) < 4.78 is 35.9. The molecule has 4 aromatic rings. The number of benzene rings is 2. The predicted molar refractivity (Wildman–Crippen MR) is 123 cm³/mol. The van der Waals surface area contributed by atoms with E-state index in [9.17, 15) is 8.42 Å². The number of hydrogen-bond donors (Lipinski definition) is 1. The number of methoxy groups -OCH3 is 1. The van der Waals surface area contributed by atoms with Crippen LogP contribution < -0.4 is 9.46 Å². The number of aromatic nitrogens is 2. The van der Waals surface area contributed by atoms with Crippen molar-refractivity contribution in [1.82, 2.24) is 14.5 Å². The maximum atomic E-state index is 13.1. The molecule has 0 fully saturated rings. The van der Waals surface area contributed by atoms with Gasteiger partial charge >= 0.3 is 0 Å². The van der Waals surface area contributed by atoms with Gasteiger partial charge in [-0.25, -0.2) is 13.1 Å². The average molecular weight is 454 g/mol. The van der Waals surface area contributed by atoms with Crippen LogP contribution in [0, 0.1) is 0 Å². The number of ether oxygens (including phenoxy) is 1. The van der Waals surface area contributed by atoms with Crippen molar-refractivity contribution in [2.75, 3.05) is 13.7 Å². The molecule has 0 saturated heterocycles. The van der Waals surface area contributed by atoms with Crippen molar-refractivity contribution in [2.24, 2.45) is 0 Å². The van der Waals surface area contributed by atoms with Gasteiger partial charge in [-0.1, -0.05) is 48.5 Å². The van der Waals surface area contributed by atoms with Crippen LogP contribution in [0.2, 0.25) is 0 Å². The second kappa shape index (κ2) is 9.47. The van der Waals surface area contributed by atoms with Crippen LogP contribution in [-0.2, 0) is 23.0 Å².